The quantitative estimate of drug-likeness (QED) is 0.817. The highest BCUT2D eigenvalue weighted by atomic mass is 32.2. The molecule has 25 heavy (non-hydrogen) atoms. The lowest BCUT2D eigenvalue weighted by Gasteiger charge is -2.33. The molecule has 1 fully saturated rings. The number of rotatable bonds is 4. The minimum atomic E-state index is -3.71. The van der Waals surface area contributed by atoms with Crippen LogP contribution in [0.4, 0.5) is 4.79 Å². The minimum Gasteiger partial charge on any atom is -0.408 e. The molecule has 0 radical (unpaired) electrons. The van der Waals surface area contributed by atoms with E-state index in [0.29, 0.717) is 25.2 Å². The molecule has 0 spiro atoms. The summed E-state index contributed by atoms with van der Waals surface area (Å²) >= 11 is 0. The van der Waals surface area contributed by atoms with Crippen LogP contribution in [0.1, 0.15) is 13.3 Å². The molecule has 1 aliphatic rings. The highest BCUT2D eigenvalue weighted by Gasteiger charge is 2.30. The maximum Gasteiger partial charge on any atom is 0.417 e. The van der Waals surface area contributed by atoms with Crippen molar-refractivity contribution in [3.05, 3.63) is 28.7 Å². The summed E-state index contributed by atoms with van der Waals surface area (Å²) in [6.45, 7) is 3.66. The monoisotopic (exact) mass is 368 g/mol. The van der Waals surface area contributed by atoms with Crippen LogP contribution >= 0.6 is 0 Å². The molecule has 1 aromatic carbocycles. The number of aromatic amines is 1. The van der Waals surface area contributed by atoms with Gasteiger partial charge in [-0.25, -0.2) is 18.0 Å². The van der Waals surface area contributed by atoms with Crippen molar-refractivity contribution in [1.29, 1.82) is 0 Å². The molecule has 2 heterocycles. The third-order valence-electron chi connectivity index (χ3n) is 4.08. The molecule has 2 aromatic rings. The van der Waals surface area contributed by atoms with E-state index < -0.39 is 15.8 Å². The van der Waals surface area contributed by atoms with Gasteiger partial charge in [0, 0.05) is 38.8 Å². The first-order valence-electron chi connectivity index (χ1n) is 8.07. The zero-order valence-electron chi connectivity index (χ0n) is 13.8. The number of fused-ring (bicyclic) bond motifs is 1. The summed E-state index contributed by atoms with van der Waals surface area (Å²) < 4.78 is 31.8. The minimum absolute atomic E-state index is 0.0617. The van der Waals surface area contributed by atoms with Crippen molar-refractivity contribution in [1.82, 2.24) is 19.5 Å². The van der Waals surface area contributed by atoms with E-state index in [1.165, 1.54) is 22.5 Å². The van der Waals surface area contributed by atoms with Crippen molar-refractivity contribution in [3.63, 3.8) is 0 Å². The van der Waals surface area contributed by atoms with E-state index in [0.717, 1.165) is 6.42 Å². The summed E-state index contributed by atoms with van der Waals surface area (Å²) in [5.74, 6) is -0.628. The van der Waals surface area contributed by atoms with Gasteiger partial charge in [-0.1, -0.05) is 6.92 Å². The predicted octanol–water partition coefficient (Wildman–Crippen LogP) is 0.547. The van der Waals surface area contributed by atoms with Gasteiger partial charge in [-0.15, -0.1) is 0 Å². The SMILES string of the molecule is CCCNC(=O)N1CCN(S(=O)(=O)c2ccc3[nH]c(=O)oc3c2)CC1. The Labute approximate surface area is 144 Å². The molecule has 0 bridgehead atoms. The van der Waals surface area contributed by atoms with E-state index in [4.69, 9.17) is 4.42 Å². The number of H-pyrrole nitrogens is 1. The Hall–Kier alpha value is -2.33. The van der Waals surface area contributed by atoms with Gasteiger partial charge in [0.15, 0.2) is 5.58 Å². The van der Waals surface area contributed by atoms with E-state index in [1.807, 2.05) is 6.92 Å². The number of hydrogen-bond acceptors (Lipinski definition) is 5. The maximum absolute atomic E-state index is 12.8. The summed E-state index contributed by atoms with van der Waals surface area (Å²) in [5, 5.41) is 2.78. The fraction of sp³-hybridized carbons (Fsp3) is 0.467. The van der Waals surface area contributed by atoms with Gasteiger partial charge in [-0.2, -0.15) is 4.31 Å². The Morgan fingerprint density at radius 2 is 2.00 bits per heavy atom. The molecule has 9 nitrogen and oxygen atoms in total. The second-order valence-electron chi connectivity index (χ2n) is 5.80. The van der Waals surface area contributed by atoms with Crippen molar-refractivity contribution in [2.45, 2.75) is 18.2 Å². The predicted molar refractivity (Wildman–Crippen MR) is 90.9 cm³/mol. The topological polar surface area (TPSA) is 116 Å². The van der Waals surface area contributed by atoms with Crippen molar-refractivity contribution in [2.75, 3.05) is 32.7 Å². The van der Waals surface area contributed by atoms with Crippen LogP contribution in [0.15, 0.2) is 32.3 Å². The van der Waals surface area contributed by atoms with Crippen LogP contribution in [-0.2, 0) is 10.0 Å². The second-order valence-corrected chi connectivity index (χ2v) is 7.73. The molecule has 0 saturated carbocycles. The lowest BCUT2D eigenvalue weighted by atomic mass is 10.3. The highest BCUT2D eigenvalue weighted by molar-refractivity contribution is 7.89. The van der Waals surface area contributed by atoms with Crippen LogP contribution in [0.25, 0.3) is 11.1 Å². The van der Waals surface area contributed by atoms with Crippen LogP contribution in [0.2, 0.25) is 0 Å². The first-order valence-corrected chi connectivity index (χ1v) is 9.51. The summed E-state index contributed by atoms with van der Waals surface area (Å²) in [4.78, 5) is 27.3. The van der Waals surface area contributed by atoms with Gasteiger partial charge in [0.05, 0.1) is 10.4 Å². The Bertz CT molecular complexity index is 925. The number of carbonyl (C=O) groups is 1. The fourth-order valence-corrected chi connectivity index (χ4v) is 4.15. The third kappa shape index (κ3) is 3.54. The van der Waals surface area contributed by atoms with Crippen LogP contribution in [0.3, 0.4) is 0 Å². The summed E-state index contributed by atoms with van der Waals surface area (Å²) in [6, 6.07) is 4.10. The molecular formula is C15H20N4O5S. The Kier molecular flexibility index (Phi) is 4.82. The van der Waals surface area contributed by atoms with E-state index in [2.05, 4.69) is 10.3 Å². The van der Waals surface area contributed by atoms with E-state index >= 15 is 0 Å². The molecule has 1 aromatic heterocycles. The van der Waals surface area contributed by atoms with Crippen molar-refractivity contribution in [3.8, 4) is 0 Å². The number of oxazole rings is 1. The van der Waals surface area contributed by atoms with Crippen molar-refractivity contribution in [2.24, 2.45) is 0 Å². The van der Waals surface area contributed by atoms with E-state index in [1.54, 1.807) is 4.90 Å². The van der Waals surface area contributed by atoms with Crippen LogP contribution in [0.5, 0.6) is 0 Å². The molecule has 0 atom stereocenters. The zero-order valence-corrected chi connectivity index (χ0v) is 14.6. The number of sulfonamides is 1. The summed E-state index contributed by atoms with van der Waals surface area (Å²) in [6.07, 6.45) is 0.845. The number of urea groups is 1. The molecule has 1 aliphatic heterocycles. The average Bonchev–Trinajstić information content (AvgIpc) is 2.98. The lowest BCUT2D eigenvalue weighted by molar-refractivity contribution is 0.172. The maximum atomic E-state index is 12.8. The Morgan fingerprint density at radius 3 is 2.68 bits per heavy atom. The smallest absolute Gasteiger partial charge is 0.408 e. The summed E-state index contributed by atoms with van der Waals surface area (Å²) in [7, 11) is -3.71. The standard InChI is InChI=1S/C15H20N4O5S/c1-2-5-16-14(20)18-6-8-19(9-7-18)25(22,23)11-3-4-12-13(10-11)24-15(21)17-12/h3-4,10H,2,5-9H2,1H3,(H,16,20)(H,17,21). The van der Waals surface area contributed by atoms with Gasteiger partial charge in [0.1, 0.15) is 0 Å². The number of piperazine rings is 1. The largest absolute Gasteiger partial charge is 0.417 e. The van der Waals surface area contributed by atoms with Crippen LogP contribution < -0.4 is 11.1 Å². The third-order valence-corrected chi connectivity index (χ3v) is 5.98. The molecular weight excluding hydrogens is 348 g/mol. The van der Waals surface area contributed by atoms with Crippen molar-refractivity contribution < 1.29 is 17.6 Å². The summed E-state index contributed by atoms with van der Waals surface area (Å²) in [5.41, 5.74) is 0.644. The van der Waals surface area contributed by atoms with Gasteiger partial charge >= 0.3 is 11.8 Å². The molecule has 1 saturated heterocycles. The number of nitrogens with zero attached hydrogens (tertiary/aromatic N) is 2. The van der Waals surface area contributed by atoms with E-state index in [9.17, 15) is 18.0 Å². The van der Waals surface area contributed by atoms with Gasteiger partial charge in [-0.05, 0) is 18.6 Å². The number of hydrogen-bond donors (Lipinski definition) is 2. The van der Waals surface area contributed by atoms with Gasteiger partial charge < -0.3 is 14.6 Å². The zero-order chi connectivity index (χ0) is 18.0. The normalized spacial score (nSPS) is 16.3. The number of carbonyl (C=O) groups excluding carboxylic acids is 1. The average molecular weight is 368 g/mol. The van der Waals surface area contributed by atoms with E-state index in [-0.39, 0.29) is 29.6 Å². The van der Waals surface area contributed by atoms with Gasteiger partial charge in [-0.3, -0.25) is 4.98 Å². The van der Waals surface area contributed by atoms with Gasteiger partial charge in [0.25, 0.3) is 0 Å². The lowest BCUT2D eigenvalue weighted by Crippen LogP contribution is -2.53. The number of aromatic nitrogens is 1. The van der Waals surface area contributed by atoms with Crippen molar-refractivity contribution >= 4 is 27.2 Å². The number of nitrogens with one attached hydrogen (secondary N) is 2. The van der Waals surface area contributed by atoms with Crippen LogP contribution in [0, 0.1) is 0 Å². The molecule has 10 heteroatoms. The number of amides is 2. The molecule has 136 valence electrons. The molecule has 0 aliphatic carbocycles. The number of benzene rings is 1. The molecule has 2 amide bonds. The molecule has 2 N–H and O–H groups in total. The molecule has 0 unspecified atom stereocenters. The highest BCUT2D eigenvalue weighted by Crippen LogP contribution is 2.21. The first kappa shape index (κ1) is 17.5. The van der Waals surface area contributed by atoms with Gasteiger partial charge in [0.2, 0.25) is 10.0 Å². The first-order chi connectivity index (χ1) is 11.9. The Balaban J connectivity index is 1.72. The Morgan fingerprint density at radius 1 is 1.28 bits per heavy atom. The fourth-order valence-electron chi connectivity index (χ4n) is 2.71. The second kappa shape index (κ2) is 6.89. The van der Waals surface area contributed by atoms with Crippen LogP contribution in [-0.4, -0.2) is 61.4 Å². The molecule has 3 rings (SSSR count).